The predicted octanol–water partition coefficient (Wildman–Crippen LogP) is 5.06. The van der Waals surface area contributed by atoms with Crippen molar-refractivity contribution in [2.75, 3.05) is 11.9 Å². The van der Waals surface area contributed by atoms with Gasteiger partial charge in [0.1, 0.15) is 5.75 Å². The Kier molecular flexibility index (Phi) is 6.82. The van der Waals surface area contributed by atoms with Crippen molar-refractivity contribution < 1.29 is 9.53 Å². The number of carbonyl (C=O) groups is 1. The number of ketones is 1. The topological polar surface area (TPSA) is 26.3 Å². The second kappa shape index (κ2) is 9.11. The van der Waals surface area contributed by atoms with E-state index in [-0.39, 0.29) is 5.78 Å². The molecule has 0 heterocycles. The molecule has 0 aromatic heterocycles. The molecule has 0 bridgehead atoms. The zero-order valence-corrected chi connectivity index (χ0v) is 14.6. The predicted molar refractivity (Wildman–Crippen MR) is 100.0 cm³/mol. The van der Waals surface area contributed by atoms with Crippen molar-refractivity contribution in [3.8, 4) is 5.75 Å². The average molecular weight is 371 g/mol. The molecule has 0 N–H and O–H groups in total. The largest absolute Gasteiger partial charge is 0.492 e. The smallest absolute Gasteiger partial charge is 0.178 e. The fraction of sp³-hybridized carbons (Fsp3) is 0.150. The summed E-state index contributed by atoms with van der Waals surface area (Å²) in [5.74, 6) is 0.723. The molecule has 0 atom stereocenters. The van der Waals surface area contributed by atoms with Gasteiger partial charge in [-0.05, 0) is 36.8 Å². The van der Waals surface area contributed by atoms with Crippen LogP contribution in [-0.4, -0.2) is 17.7 Å². The normalized spacial score (nSPS) is 11.2. The molecule has 0 saturated heterocycles. The molecule has 0 spiro atoms. The number of alkyl halides is 1. The van der Waals surface area contributed by atoms with Gasteiger partial charge < -0.3 is 4.74 Å². The molecule has 23 heavy (non-hydrogen) atoms. The van der Waals surface area contributed by atoms with E-state index in [1.165, 1.54) is 5.56 Å². The van der Waals surface area contributed by atoms with Crippen LogP contribution in [0.4, 0.5) is 0 Å². The van der Waals surface area contributed by atoms with E-state index in [1.807, 2.05) is 61.5 Å². The molecular weight excluding hydrogens is 352 g/mol. The molecule has 0 aliphatic carbocycles. The highest BCUT2D eigenvalue weighted by atomic mass is 79.9. The summed E-state index contributed by atoms with van der Waals surface area (Å²) in [4.78, 5) is 12.0. The molecule has 2 rings (SSSR count). The fourth-order valence-electron chi connectivity index (χ4n) is 2.08. The maximum absolute atomic E-state index is 12.0. The van der Waals surface area contributed by atoms with Crippen LogP contribution in [0.3, 0.4) is 0 Å². The lowest BCUT2D eigenvalue weighted by molar-refractivity contribution is -0.110. The molecule has 3 heteroatoms. The first-order valence-electron chi connectivity index (χ1n) is 7.43. The van der Waals surface area contributed by atoms with Crippen LogP contribution in [-0.2, 0) is 4.79 Å². The number of ether oxygens (including phenoxy) is 1. The van der Waals surface area contributed by atoms with E-state index in [1.54, 1.807) is 18.2 Å². The van der Waals surface area contributed by atoms with Gasteiger partial charge in [-0.3, -0.25) is 4.79 Å². The van der Waals surface area contributed by atoms with Crippen LogP contribution in [0.2, 0.25) is 0 Å². The minimum Gasteiger partial charge on any atom is -0.492 e. The molecule has 0 radical (unpaired) electrons. The molecular formula is C20H19BrO2. The maximum atomic E-state index is 12.0. The Labute approximate surface area is 145 Å². The van der Waals surface area contributed by atoms with Gasteiger partial charge in [0.25, 0.3) is 0 Å². The van der Waals surface area contributed by atoms with Crippen molar-refractivity contribution in [1.82, 2.24) is 0 Å². The lowest BCUT2D eigenvalue weighted by atomic mass is 10.1. The van der Waals surface area contributed by atoms with Gasteiger partial charge in [-0.15, -0.1) is 0 Å². The monoisotopic (exact) mass is 370 g/mol. The van der Waals surface area contributed by atoms with Crippen LogP contribution in [0.15, 0.2) is 60.7 Å². The highest BCUT2D eigenvalue weighted by Gasteiger charge is 1.99. The first kappa shape index (κ1) is 17.2. The van der Waals surface area contributed by atoms with Crippen LogP contribution < -0.4 is 4.74 Å². The molecule has 0 aliphatic heterocycles. The van der Waals surface area contributed by atoms with E-state index in [0.717, 1.165) is 22.2 Å². The summed E-state index contributed by atoms with van der Waals surface area (Å²) in [6, 6.07) is 15.7. The van der Waals surface area contributed by atoms with E-state index < -0.39 is 0 Å². The number of aryl methyl sites for hydroxylation is 1. The van der Waals surface area contributed by atoms with Crippen molar-refractivity contribution >= 4 is 33.9 Å². The highest BCUT2D eigenvalue weighted by molar-refractivity contribution is 9.09. The van der Waals surface area contributed by atoms with E-state index in [2.05, 4.69) is 15.9 Å². The molecule has 0 aliphatic rings. The van der Waals surface area contributed by atoms with Crippen molar-refractivity contribution in [2.45, 2.75) is 6.92 Å². The molecule has 2 aromatic rings. The third-order valence-corrected chi connectivity index (χ3v) is 3.49. The molecule has 118 valence electrons. The van der Waals surface area contributed by atoms with Crippen molar-refractivity contribution in [3.05, 3.63) is 77.4 Å². The van der Waals surface area contributed by atoms with E-state index in [4.69, 9.17) is 4.74 Å². The molecule has 2 aromatic carbocycles. The lowest BCUT2D eigenvalue weighted by Crippen LogP contribution is -1.99. The summed E-state index contributed by atoms with van der Waals surface area (Å²) in [7, 11) is 0. The SMILES string of the molecule is Cc1cccc(C=CC(=O)C=Cc2ccccc2OCCBr)c1. The Bertz CT molecular complexity index is 717. The summed E-state index contributed by atoms with van der Waals surface area (Å²) in [5, 5.41) is 0.767. The fourth-order valence-corrected chi connectivity index (χ4v) is 2.24. The molecule has 0 amide bonds. The van der Waals surface area contributed by atoms with Crippen LogP contribution in [0.1, 0.15) is 16.7 Å². The molecule has 0 unspecified atom stereocenters. The first-order valence-corrected chi connectivity index (χ1v) is 8.56. The van der Waals surface area contributed by atoms with Crippen LogP contribution in [0.25, 0.3) is 12.2 Å². The number of carbonyl (C=O) groups excluding carboxylic acids is 1. The molecule has 0 fully saturated rings. The Morgan fingerprint density at radius 3 is 2.65 bits per heavy atom. The number of benzene rings is 2. The quantitative estimate of drug-likeness (QED) is 0.502. The standard InChI is InChI=1S/C20H19BrO2/c1-16-5-4-6-17(15-16)9-11-19(22)12-10-18-7-2-3-8-20(18)23-14-13-21/h2-12,15H,13-14H2,1H3. The van der Waals surface area contributed by atoms with Crippen LogP contribution in [0, 0.1) is 6.92 Å². The number of hydrogen-bond acceptors (Lipinski definition) is 2. The van der Waals surface area contributed by atoms with Gasteiger partial charge in [0, 0.05) is 10.9 Å². The highest BCUT2D eigenvalue weighted by Crippen LogP contribution is 2.19. The first-order chi connectivity index (χ1) is 11.2. The Hall–Kier alpha value is -2.13. The lowest BCUT2D eigenvalue weighted by Gasteiger charge is -2.06. The average Bonchev–Trinajstić information content (AvgIpc) is 2.57. The number of halogens is 1. The van der Waals surface area contributed by atoms with Crippen LogP contribution in [0.5, 0.6) is 5.75 Å². The number of para-hydroxylation sites is 1. The zero-order valence-electron chi connectivity index (χ0n) is 13.0. The number of hydrogen-bond donors (Lipinski definition) is 0. The van der Waals surface area contributed by atoms with E-state index in [0.29, 0.717) is 6.61 Å². The minimum atomic E-state index is -0.0539. The van der Waals surface area contributed by atoms with Gasteiger partial charge in [0.05, 0.1) is 6.61 Å². The maximum Gasteiger partial charge on any atom is 0.178 e. The summed E-state index contributed by atoms with van der Waals surface area (Å²) >= 11 is 3.34. The van der Waals surface area contributed by atoms with Gasteiger partial charge in [-0.25, -0.2) is 0 Å². The Morgan fingerprint density at radius 2 is 1.87 bits per heavy atom. The van der Waals surface area contributed by atoms with Gasteiger partial charge in [0.15, 0.2) is 5.78 Å². The Morgan fingerprint density at radius 1 is 1.09 bits per heavy atom. The second-order valence-corrected chi connectivity index (χ2v) is 5.85. The summed E-state index contributed by atoms with van der Waals surface area (Å²) in [6.07, 6.45) is 6.75. The summed E-state index contributed by atoms with van der Waals surface area (Å²) in [5.41, 5.74) is 3.09. The summed E-state index contributed by atoms with van der Waals surface area (Å²) in [6.45, 7) is 2.62. The number of allylic oxidation sites excluding steroid dienone is 2. The van der Waals surface area contributed by atoms with E-state index in [9.17, 15) is 4.79 Å². The minimum absolute atomic E-state index is 0.0539. The third kappa shape index (κ3) is 5.87. The van der Waals surface area contributed by atoms with Crippen molar-refractivity contribution in [1.29, 1.82) is 0 Å². The Balaban J connectivity index is 2.04. The van der Waals surface area contributed by atoms with E-state index >= 15 is 0 Å². The zero-order chi connectivity index (χ0) is 16.5. The number of rotatable bonds is 7. The molecule has 0 saturated carbocycles. The van der Waals surface area contributed by atoms with Crippen molar-refractivity contribution in [3.63, 3.8) is 0 Å². The van der Waals surface area contributed by atoms with Crippen LogP contribution >= 0.6 is 15.9 Å². The van der Waals surface area contributed by atoms with Gasteiger partial charge in [-0.1, -0.05) is 70.0 Å². The second-order valence-electron chi connectivity index (χ2n) is 5.06. The third-order valence-electron chi connectivity index (χ3n) is 3.16. The molecule has 2 nitrogen and oxygen atoms in total. The van der Waals surface area contributed by atoms with Gasteiger partial charge >= 0.3 is 0 Å². The van der Waals surface area contributed by atoms with Crippen molar-refractivity contribution in [2.24, 2.45) is 0 Å². The summed E-state index contributed by atoms with van der Waals surface area (Å²) < 4.78 is 5.63. The van der Waals surface area contributed by atoms with Gasteiger partial charge in [-0.2, -0.15) is 0 Å². The van der Waals surface area contributed by atoms with Gasteiger partial charge in [0.2, 0.25) is 0 Å².